The van der Waals surface area contributed by atoms with Crippen LogP contribution in [0.1, 0.15) is 433 Å². The van der Waals surface area contributed by atoms with Crippen molar-refractivity contribution in [3.8, 4) is 0 Å². The van der Waals surface area contributed by atoms with Gasteiger partial charge in [0.1, 0.15) is 29.1 Å². The van der Waals surface area contributed by atoms with Crippen LogP contribution in [0.2, 0.25) is 0 Å². The second kappa shape index (κ2) is 66.3. The number of unbranched alkanes of at least 4 members (excludes halogenated alkanes) is 46. The van der Waals surface area contributed by atoms with Crippen LogP contribution in [0.5, 0.6) is 0 Å². The molecule has 0 heterocycles. The van der Waals surface area contributed by atoms with Gasteiger partial charge in [0, 0.05) is 38.0 Å². The summed E-state index contributed by atoms with van der Waals surface area (Å²) in [5.41, 5.74) is -5.07. The highest BCUT2D eigenvalue weighted by Gasteiger charge is 2.70. The maximum absolute atomic E-state index is 15.8. The molecule has 532 valence electrons. The molecule has 7 nitrogen and oxygen atoms in total. The van der Waals surface area contributed by atoms with Gasteiger partial charge in [0.05, 0.1) is 0 Å². The van der Waals surface area contributed by atoms with Gasteiger partial charge in [0.2, 0.25) is 0 Å². The summed E-state index contributed by atoms with van der Waals surface area (Å²) in [4.78, 5) is 105. The van der Waals surface area contributed by atoms with E-state index in [1.165, 1.54) is 167 Å². The van der Waals surface area contributed by atoms with Crippen molar-refractivity contribution in [2.75, 3.05) is 0 Å². The third-order valence-corrected chi connectivity index (χ3v) is 19.8. The van der Waals surface area contributed by atoms with E-state index in [1.807, 2.05) is 0 Å². The van der Waals surface area contributed by atoms with E-state index in [-0.39, 0.29) is 25.7 Å². The lowest BCUT2D eigenvalue weighted by Crippen LogP contribution is -2.66. The Morgan fingerprint density at radius 3 is 0.880 bits per heavy atom. The first-order valence-electron chi connectivity index (χ1n) is 40.3. The number of carbonyl (C=O) groups is 7. The lowest BCUT2D eigenvalue weighted by Gasteiger charge is -2.47. The predicted octanol–water partition coefficient (Wildman–Crippen LogP) is 26.3. The van der Waals surface area contributed by atoms with Gasteiger partial charge < -0.3 is 4.79 Å². The molecular formula is C85H150O7. The van der Waals surface area contributed by atoms with E-state index in [1.54, 1.807) is 6.08 Å². The van der Waals surface area contributed by atoms with E-state index in [9.17, 15) is 14.4 Å². The standard InChI is InChI=1S/C85H150O7/c1-7-12-17-22-26-30-32-34-35-37-40-45-49-56-62-69-78(88)70-63-57-50-46-41-38-39-42-47-51-58-64-71-79(77(6)87)85(82(91)74-67-55-21-16-11-5,83(92)75-68-61-52-29-25-20-15-10-4)84(76-86,80(89)72-65-59-53-44-28-24-19-14-9-3)81(90)73-66-60-54-48-43-36-33-31-27-23-18-13-8-2/h34-35,38,41-42,47,68,75-76,79H,7-33,36-37,39-40,43-46,48-67,69-74H2,1-6H3. The summed E-state index contributed by atoms with van der Waals surface area (Å²) >= 11 is 0. The maximum atomic E-state index is 15.8. The van der Waals surface area contributed by atoms with Crippen LogP contribution in [0.25, 0.3) is 0 Å². The van der Waals surface area contributed by atoms with Crippen LogP contribution >= 0.6 is 0 Å². The van der Waals surface area contributed by atoms with Gasteiger partial charge in [-0.25, -0.2) is 0 Å². The van der Waals surface area contributed by atoms with E-state index in [2.05, 4.69) is 71.1 Å². The van der Waals surface area contributed by atoms with Gasteiger partial charge in [-0.2, -0.15) is 0 Å². The molecule has 0 N–H and O–H groups in total. The lowest BCUT2D eigenvalue weighted by molar-refractivity contribution is -0.172. The van der Waals surface area contributed by atoms with Gasteiger partial charge in [-0.15, -0.1) is 0 Å². The Kier molecular flexibility index (Phi) is 63.9. The van der Waals surface area contributed by atoms with Crippen molar-refractivity contribution in [3.63, 3.8) is 0 Å². The molecule has 0 aromatic heterocycles. The smallest absolute Gasteiger partial charge is 0.171 e. The molecule has 0 rings (SSSR count). The average molecular weight is 1280 g/mol. The van der Waals surface area contributed by atoms with Crippen LogP contribution in [0.4, 0.5) is 0 Å². The monoisotopic (exact) mass is 1280 g/mol. The van der Waals surface area contributed by atoms with Gasteiger partial charge in [-0.3, -0.25) is 28.8 Å². The molecule has 3 unspecified atom stereocenters. The quantitative estimate of drug-likeness (QED) is 0.0196. The van der Waals surface area contributed by atoms with E-state index in [0.717, 1.165) is 167 Å². The zero-order chi connectivity index (χ0) is 67.5. The van der Waals surface area contributed by atoms with Crippen molar-refractivity contribution >= 4 is 41.0 Å². The second-order valence-electron chi connectivity index (χ2n) is 28.2. The van der Waals surface area contributed by atoms with Crippen LogP contribution in [0.15, 0.2) is 48.6 Å². The van der Waals surface area contributed by atoms with Crippen molar-refractivity contribution in [1.29, 1.82) is 0 Å². The number of ketones is 6. The largest absolute Gasteiger partial charge is 0.302 e. The molecule has 0 radical (unpaired) electrons. The Balaban J connectivity index is 6.30. The second-order valence-corrected chi connectivity index (χ2v) is 28.2. The molecule has 0 aliphatic carbocycles. The Labute approximate surface area is 570 Å². The first-order valence-corrected chi connectivity index (χ1v) is 40.3. The summed E-state index contributed by atoms with van der Waals surface area (Å²) in [7, 11) is 0. The Hall–Kier alpha value is -3.35. The number of Topliss-reactive ketones (excluding diaryl/α,β-unsaturated/α-hetero) is 5. The third-order valence-electron chi connectivity index (χ3n) is 19.8. The van der Waals surface area contributed by atoms with E-state index < -0.39 is 45.7 Å². The van der Waals surface area contributed by atoms with Crippen molar-refractivity contribution in [2.24, 2.45) is 16.7 Å². The number of allylic oxidation sites excluding steroid dienone is 8. The molecule has 0 aliphatic rings. The minimum atomic E-state index is -2.60. The molecule has 0 aromatic carbocycles. The van der Waals surface area contributed by atoms with Crippen LogP contribution in [-0.4, -0.2) is 41.0 Å². The highest BCUT2D eigenvalue weighted by Crippen LogP contribution is 2.53. The van der Waals surface area contributed by atoms with Crippen molar-refractivity contribution in [1.82, 2.24) is 0 Å². The molecule has 0 fully saturated rings. The molecule has 3 atom stereocenters. The minimum absolute atomic E-state index is 0.0777. The summed E-state index contributed by atoms with van der Waals surface area (Å²) < 4.78 is 0. The van der Waals surface area contributed by atoms with Crippen molar-refractivity contribution in [2.45, 2.75) is 433 Å². The summed E-state index contributed by atoms with van der Waals surface area (Å²) in [5.74, 6) is -3.91. The molecular weight excluding hydrogens is 1130 g/mol. The van der Waals surface area contributed by atoms with E-state index in [0.29, 0.717) is 57.0 Å². The van der Waals surface area contributed by atoms with Gasteiger partial charge in [0.25, 0.3) is 0 Å². The highest BCUT2D eigenvalue weighted by atomic mass is 16.2. The Morgan fingerprint density at radius 2 is 0.554 bits per heavy atom. The van der Waals surface area contributed by atoms with Crippen LogP contribution in [0.3, 0.4) is 0 Å². The predicted molar refractivity (Wildman–Crippen MR) is 397 cm³/mol. The number of hydrogen-bond acceptors (Lipinski definition) is 7. The zero-order valence-electron chi connectivity index (χ0n) is 61.8. The fourth-order valence-electron chi connectivity index (χ4n) is 13.9. The topological polar surface area (TPSA) is 119 Å². The molecule has 0 amide bonds. The average Bonchev–Trinajstić information content (AvgIpc) is 0.710. The summed E-state index contributed by atoms with van der Waals surface area (Å²) in [5, 5.41) is 0. The summed E-state index contributed by atoms with van der Waals surface area (Å²) in [6, 6.07) is 0. The summed E-state index contributed by atoms with van der Waals surface area (Å²) in [6.07, 6.45) is 76.2. The molecule has 92 heavy (non-hydrogen) atoms. The van der Waals surface area contributed by atoms with E-state index >= 15 is 19.2 Å². The molecule has 0 spiro atoms. The van der Waals surface area contributed by atoms with Crippen molar-refractivity contribution in [3.05, 3.63) is 48.6 Å². The van der Waals surface area contributed by atoms with Crippen LogP contribution in [-0.2, 0) is 33.6 Å². The first kappa shape index (κ1) is 88.6. The van der Waals surface area contributed by atoms with Gasteiger partial charge in [0.15, 0.2) is 22.8 Å². The van der Waals surface area contributed by atoms with Gasteiger partial charge >= 0.3 is 0 Å². The maximum Gasteiger partial charge on any atom is 0.171 e. The molecule has 0 saturated carbocycles. The number of rotatable bonds is 74. The molecule has 0 aromatic rings. The van der Waals surface area contributed by atoms with E-state index in [4.69, 9.17) is 0 Å². The molecule has 7 heteroatoms. The Morgan fingerprint density at radius 1 is 0.293 bits per heavy atom. The normalized spacial score (nSPS) is 13.6. The number of aldehydes is 1. The SMILES string of the molecule is CCCCCCCCC=CCCCCCCCC(=O)CCCCCC=CCC=CCCCCC(C(C)=O)C(C(=O)C=CCCCCCCCC)(C(=O)CCCCCCC)C(C=O)(C(=O)CCCCCCCCCCC)C(=O)CCCCCCCCCCCCCCC. The van der Waals surface area contributed by atoms with Gasteiger partial charge in [-0.1, -0.05) is 328 Å². The van der Waals surface area contributed by atoms with Crippen molar-refractivity contribution < 1.29 is 33.6 Å². The summed E-state index contributed by atoms with van der Waals surface area (Å²) in [6.45, 7) is 12.5. The number of hydrogen-bond donors (Lipinski definition) is 0. The lowest BCUT2D eigenvalue weighted by atomic mass is 9.48. The molecule has 0 aliphatic heterocycles. The highest BCUT2D eigenvalue weighted by molar-refractivity contribution is 6.30. The van der Waals surface area contributed by atoms with Crippen LogP contribution in [0, 0.1) is 16.7 Å². The zero-order valence-corrected chi connectivity index (χ0v) is 61.8. The van der Waals surface area contributed by atoms with Crippen LogP contribution < -0.4 is 0 Å². The van der Waals surface area contributed by atoms with Gasteiger partial charge in [-0.05, 0) is 122 Å². The minimum Gasteiger partial charge on any atom is -0.302 e. The first-order chi connectivity index (χ1) is 45.0. The fourth-order valence-corrected chi connectivity index (χ4v) is 13.9. The molecule has 0 saturated heterocycles. The Bertz CT molecular complexity index is 1900. The molecule has 0 bridgehead atoms. The fraction of sp³-hybridized carbons (Fsp3) is 0.824. The third kappa shape index (κ3) is 44.4. The number of carbonyl (C=O) groups excluding carboxylic acids is 7.